The zero-order valence-corrected chi connectivity index (χ0v) is 12.5. The van der Waals surface area contributed by atoms with Gasteiger partial charge in [0.05, 0.1) is 0 Å². The number of benzene rings is 1. The van der Waals surface area contributed by atoms with Crippen molar-refractivity contribution in [2.45, 2.75) is 13.0 Å². The SMILES string of the molecule is CN(CCc1ccccc1)C(=O)OCc1cc[n+](C)cc1. The predicted molar refractivity (Wildman–Crippen MR) is 80.6 cm³/mol. The molecule has 0 saturated heterocycles. The van der Waals surface area contributed by atoms with E-state index >= 15 is 0 Å². The van der Waals surface area contributed by atoms with Crippen LogP contribution in [0.5, 0.6) is 0 Å². The molecule has 1 amide bonds. The minimum absolute atomic E-state index is 0.292. The summed E-state index contributed by atoms with van der Waals surface area (Å²) < 4.78 is 7.24. The van der Waals surface area contributed by atoms with E-state index in [1.54, 1.807) is 11.9 Å². The summed E-state index contributed by atoms with van der Waals surface area (Å²) in [4.78, 5) is 13.5. The number of aromatic nitrogens is 1. The maximum Gasteiger partial charge on any atom is 0.409 e. The zero-order chi connectivity index (χ0) is 15.1. The molecule has 21 heavy (non-hydrogen) atoms. The van der Waals surface area contributed by atoms with E-state index in [9.17, 15) is 4.79 Å². The molecule has 0 aliphatic heterocycles. The number of hydrogen-bond acceptors (Lipinski definition) is 2. The molecule has 0 saturated carbocycles. The van der Waals surface area contributed by atoms with Crippen molar-refractivity contribution in [1.29, 1.82) is 0 Å². The molecule has 0 radical (unpaired) electrons. The largest absolute Gasteiger partial charge is 0.445 e. The lowest BCUT2D eigenvalue weighted by Gasteiger charge is -2.16. The van der Waals surface area contributed by atoms with Crippen LogP contribution in [0, 0.1) is 0 Å². The Morgan fingerprint density at radius 3 is 2.43 bits per heavy atom. The molecule has 4 nitrogen and oxygen atoms in total. The predicted octanol–water partition coefficient (Wildman–Crippen LogP) is 2.32. The first-order valence-electron chi connectivity index (χ1n) is 7.01. The van der Waals surface area contributed by atoms with Crippen molar-refractivity contribution in [3.8, 4) is 0 Å². The van der Waals surface area contributed by atoms with Crippen molar-refractivity contribution in [1.82, 2.24) is 4.90 Å². The molecule has 1 aromatic carbocycles. The van der Waals surface area contributed by atoms with E-state index in [1.807, 2.05) is 54.3 Å². The van der Waals surface area contributed by atoms with E-state index in [1.165, 1.54) is 5.56 Å². The molecule has 4 heteroatoms. The van der Waals surface area contributed by atoms with Crippen LogP contribution in [0.2, 0.25) is 0 Å². The third-order valence-corrected chi connectivity index (χ3v) is 3.30. The molecule has 0 unspecified atom stereocenters. The minimum atomic E-state index is -0.292. The smallest absolute Gasteiger partial charge is 0.409 e. The molecule has 0 fully saturated rings. The highest BCUT2D eigenvalue weighted by Gasteiger charge is 2.10. The number of likely N-dealkylation sites (N-methyl/N-ethyl adjacent to an activating group) is 1. The van der Waals surface area contributed by atoms with Crippen LogP contribution in [-0.4, -0.2) is 24.6 Å². The van der Waals surface area contributed by atoms with E-state index in [0.717, 1.165) is 12.0 Å². The van der Waals surface area contributed by atoms with Gasteiger partial charge in [-0.25, -0.2) is 9.36 Å². The Labute approximate surface area is 125 Å². The molecular formula is C17H21N2O2+. The van der Waals surface area contributed by atoms with E-state index in [2.05, 4.69) is 12.1 Å². The van der Waals surface area contributed by atoms with Gasteiger partial charge in [0.25, 0.3) is 0 Å². The first-order valence-corrected chi connectivity index (χ1v) is 7.01. The van der Waals surface area contributed by atoms with Crippen LogP contribution in [-0.2, 0) is 24.8 Å². The topological polar surface area (TPSA) is 33.4 Å². The Balaban J connectivity index is 1.76. The summed E-state index contributed by atoms with van der Waals surface area (Å²) in [6, 6.07) is 14.0. The quantitative estimate of drug-likeness (QED) is 0.790. The van der Waals surface area contributed by atoms with E-state index in [0.29, 0.717) is 13.2 Å². The van der Waals surface area contributed by atoms with Crippen molar-refractivity contribution in [3.63, 3.8) is 0 Å². The van der Waals surface area contributed by atoms with Crippen LogP contribution in [0.15, 0.2) is 54.9 Å². The van der Waals surface area contributed by atoms with Gasteiger partial charge in [-0.15, -0.1) is 0 Å². The second kappa shape index (κ2) is 7.43. The Morgan fingerprint density at radius 2 is 1.76 bits per heavy atom. The van der Waals surface area contributed by atoms with Crippen LogP contribution < -0.4 is 4.57 Å². The Bertz CT molecular complexity index is 567. The number of aryl methyl sites for hydroxylation is 1. The van der Waals surface area contributed by atoms with Crippen LogP contribution in [0.1, 0.15) is 11.1 Å². The van der Waals surface area contributed by atoms with Crippen molar-refractivity contribution in [2.24, 2.45) is 7.05 Å². The molecule has 0 spiro atoms. The molecule has 1 aromatic heterocycles. The average Bonchev–Trinajstić information content (AvgIpc) is 2.52. The van der Waals surface area contributed by atoms with Gasteiger partial charge >= 0.3 is 6.09 Å². The summed E-state index contributed by atoms with van der Waals surface area (Å²) in [5.74, 6) is 0. The maximum atomic E-state index is 11.9. The lowest BCUT2D eigenvalue weighted by molar-refractivity contribution is -0.671. The molecule has 2 aromatic rings. The third kappa shape index (κ3) is 4.91. The molecule has 0 aliphatic rings. The molecule has 1 heterocycles. The fourth-order valence-corrected chi connectivity index (χ4v) is 1.92. The van der Waals surface area contributed by atoms with Gasteiger partial charge in [0.15, 0.2) is 12.4 Å². The highest BCUT2D eigenvalue weighted by molar-refractivity contribution is 5.67. The lowest BCUT2D eigenvalue weighted by atomic mass is 10.1. The summed E-state index contributed by atoms with van der Waals surface area (Å²) in [5, 5.41) is 0. The third-order valence-electron chi connectivity index (χ3n) is 3.30. The minimum Gasteiger partial charge on any atom is -0.445 e. The van der Waals surface area contributed by atoms with Gasteiger partial charge in [-0.1, -0.05) is 30.3 Å². The van der Waals surface area contributed by atoms with E-state index < -0.39 is 0 Å². The molecule has 0 bridgehead atoms. The molecular weight excluding hydrogens is 264 g/mol. The normalized spacial score (nSPS) is 10.2. The Kier molecular flexibility index (Phi) is 5.32. The van der Waals surface area contributed by atoms with Crippen molar-refractivity contribution in [2.75, 3.05) is 13.6 Å². The summed E-state index contributed by atoms with van der Waals surface area (Å²) in [7, 11) is 3.71. The monoisotopic (exact) mass is 285 g/mol. The Hall–Kier alpha value is -2.36. The fraction of sp³-hybridized carbons (Fsp3) is 0.294. The van der Waals surface area contributed by atoms with Gasteiger partial charge in [-0.05, 0) is 12.0 Å². The number of amides is 1. The second-order valence-electron chi connectivity index (χ2n) is 5.08. The highest BCUT2D eigenvalue weighted by atomic mass is 16.6. The molecule has 0 N–H and O–H groups in total. The summed E-state index contributed by atoms with van der Waals surface area (Å²) in [5.41, 5.74) is 2.20. The number of pyridine rings is 1. The van der Waals surface area contributed by atoms with Gasteiger partial charge in [0, 0.05) is 31.3 Å². The van der Waals surface area contributed by atoms with Gasteiger partial charge in [-0.3, -0.25) is 0 Å². The number of carbonyl (C=O) groups excluding carboxylic acids is 1. The summed E-state index contributed by atoms with van der Waals surface area (Å²) in [6.45, 7) is 0.946. The van der Waals surface area contributed by atoms with Crippen LogP contribution in [0.4, 0.5) is 4.79 Å². The molecule has 110 valence electrons. The number of ether oxygens (including phenoxy) is 1. The van der Waals surface area contributed by atoms with Gasteiger partial charge in [-0.2, -0.15) is 0 Å². The molecule has 0 atom stereocenters. The number of hydrogen-bond donors (Lipinski definition) is 0. The first kappa shape index (κ1) is 15.0. The van der Waals surface area contributed by atoms with Gasteiger partial charge < -0.3 is 9.64 Å². The first-order chi connectivity index (χ1) is 10.1. The maximum absolute atomic E-state index is 11.9. The zero-order valence-electron chi connectivity index (χ0n) is 12.5. The number of nitrogens with zero attached hydrogens (tertiary/aromatic N) is 2. The standard InChI is InChI=1S/C17H21N2O2/c1-18-11-8-16(9-12-18)14-21-17(20)19(2)13-10-15-6-4-3-5-7-15/h3-9,11-12H,10,13-14H2,1-2H3/q+1. The van der Waals surface area contributed by atoms with Crippen molar-refractivity contribution in [3.05, 3.63) is 66.0 Å². The molecule has 0 aliphatic carbocycles. The summed E-state index contributed by atoms with van der Waals surface area (Å²) >= 11 is 0. The fourth-order valence-electron chi connectivity index (χ4n) is 1.92. The lowest BCUT2D eigenvalue weighted by Crippen LogP contribution is -2.29. The van der Waals surface area contributed by atoms with Gasteiger partial charge in [0.2, 0.25) is 0 Å². The van der Waals surface area contributed by atoms with Crippen molar-refractivity contribution < 1.29 is 14.1 Å². The average molecular weight is 285 g/mol. The van der Waals surface area contributed by atoms with E-state index in [4.69, 9.17) is 4.74 Å². The second-order valence-corrected chi connectivity index (χ2v) is 5.08. The van der Waals surface area contributed by atoms with Crippen LogP contribution >= 0.6 is 0 Å². The molecule has 2 rings (SSSR count). The number of rotatable bonds is 5. The van der Waals surface area contributed by atoms with Gasteiger partial charge in [0.1, 0.15) is 13.7 Å². The van der Waals surface area contributed by atoms with Crippen LogP contribution in [0.25, 0.3) is 0 Å². The van der Waals surface area contributed by atoms with Crippen molar-refractivity contribution >= 4 is 6.09 Å². The summed E-state index contributed by atoms with van der Waals surface area (Å²) in [6.07, 6.45) is 4.40. The van der Waals surface area contributed by atoms with Crippen LogP contribution in [0.3, 0.4) is 0 Å². The Morgan fingerprint density at radius 1 is 1.10 bits per heavy atom. The highest BCUT2D eigenvalue weighted by Crippen LogP contribution is 2.03. The van der Waals surface area contributed by atoms with E-state index in [-0.39, 0.29) is 6.09 Å². The number of carbonyl (C=O) groups is 1.